The van der Waals surface area contributed by atoms with E-state index in [1.807, 2.05) is 31.5 Å². The van der Waals surface area contributed by atoms with Gasteiger partial charge >= 0.3 is 0 Å². The van der Waals surface area contributed by atoms with Crippen molar-refractivity contribution in [2.24, 2.45) is 4.99 Å². The predicted molar refractivity (Wildman–Crippen MR) is 73.3 cm³/mol. The summed E-state index contributed by atoms with van der Waals surface area (Å²) in [5, 5.41) is 11.7. The standard InChI is InChI=1S/C10H10IN3S/c1-7-5-8(11)3-4-9(7)14-10(15-2)13-6-12/h3-5H,1-2H3,(H,13,14). The quantitative estimate of drug-likeness (QED) is 0.283. The van der Waals surface area contributed by atoms with Gasteiger partial charge in [-0.25, -0.2) is 4.99 Å². The van der Waals surface area contributed by atoms with Crippen LogP contribution in [0.2, 0.25) is 0 Å². The molecule has 15 heavy (non-hydrogen) atoms. The Balaban J connectivity index is 3.01. The first-order valence-corrected chi connectivity index (χ1v) is 6.51. The van der Waals surface area contributed by atoms with Crippen LogP contribution < -0.4 is 5.32 Å². The second-order valence-electron chi connectivity index (χ2n) is 2.79. The van der Waals surface area contributed by atoms with Gasteiger partial charge in [0.05, 0.1) is 5.69 Å². The zero-order valence-electron chi connectivity index (χ0n) is 8.41. The van der Waals surface area contributed by atoms with Gasteiger partial charge in [0.25, 0.3) is 0 Å². The highest BCUT2D eigenvalue weighted by Gasteiger charge is 2.00. The summed E-state index contributed by atoms with van der Waals surface area (Å²) in [5.41, 5.74) is 2.00. The van der Waals surface area contributed by atoms with Gasteiger partial charge in [0.15, 0.2) is 11.4 Å². The highest BCUT2D eigenvalue weighted by molar-refractivity contribution is 14.1. The van der Waals surface area contributed by atoms with Crippen LogP contribution in [0, 0.1) is 21.9 Å². The van der Waals surface area contributed by atoms with E-state index in [2.05, 4.69) is 39.0 Å². The molecule has 0 aliphatic carbocycles. The summed E-state index contributed by atoms with van der Waals surface area (Å²) < 4.78 is 1.18. The molecule has 0 amide bonds. The molecular formula is C10H10IN3S. The average molecular weight is 331 g/mol. The monoisotopic (exact) mass is 331 g/mol. The number of nitrogens with one attached hydrogen (secondary N) is 1. The Morgan fingerprint density at radius 3 is 2.87 bits per heavy atom. The number of nitrogens with zero attached hydrogens (tertiary/aromatic N) is 2. The number of amidine groups is 1. The zero-order chi connectivity index (χ0) is 11.3. The van der Waals surface area contributed by atoms with E-state index in [0.29, 0.717) is 5.17 Å². The van der Waals surface area contributed by atoms with Crippen molar-refractivity contribution in [3.05, 3.63) is 27.3 Å². The van der Waals surface area contributed by atoms with Crippen molar-refractivity contribution in [1.82, 2.24) is 5.32 Å². The lowest BCUT2D eigenvalue weighted by Gasteiger charge is -2.03. The highest BCUT2D eigenvalue weighted by atomic mass is 127. The van der Waals surface area contributed by atoms with Crippen LogP contribution in [-0.4, -0.2) is 11.4 Å². The molecule has 0 heterocycles. The molecule has 1 N–H and O–H groups in total. The second-order valence-corrected chi connectivity index (χ2v) is 4.83. The van der Waals surface area contributed by atoms with E-state index in [0.717, 1.165) is 11.3 Å². The van der Waals surface area contributed by atoms with Crippen LogP contribution >= 0.6 is 34.4 Å². The number of hydrogen-bond donors (Lipinski definition) is 1. The fraction of sp³-hybridized carbons (Fsp3) is 0.200. The van der Waals surface area contributed by atoms with Crippen molar-refractivity contribution < 1.29 is 0 Å². The lowest BCUT2D eigenvalue weighted by atomic mass is 10.2. The summed E-state index contributed by atoms with van der Waals surface area (Å²) in [6, 6.07) is 6.01. The Bertz CT molecular complexity index is 423. The minimum Gasteiger partial charge on any atom is -0.271 e. The van der Waals surface area contributed by atoms with E-state index >= 15 is 0 Å². The summed E-state index contributed by atoms with van der Waals surface area (Å²) in [6.45, 7) is 2.01. The molecule has 0 fully saturated rings. The zero-order valence-corrected chi connectivity index (χ0v) is 11.4. The van der Waals surface area contributed by atoms with Crippen LogP contribution in [0.25, 0.3) is 0 Å². The SMILES string of the molecule is CSC(=Nc1ccc(I)cc1C)NC#N. The van der Waals surface area contributed by atoms with E-state index in [1.165, 1.54) is 15.3 Å². The van der Waals surface area contributed by atoms with Gasteiger partial charge in [-0.05, 0) is 59.5 Å². The normalized spacial score (nSPS) is 10.9. The van der Waals surface area contributed by atoms with E-state index in [4.69, 9.17) is 5.26 Å². The van der Waals surface area contributed by atoms with Gasteiger partial charge in [-0.15, -0.1) is 0 Å². The summed E-state index contributed by atoms with van der Waals surface area (Å²) in [4.78, 5) is 4.35. The topological polar surface area (TPSA) is 48.2 Å². The van der Waals surface area contributed by atoms with Gasteiger partial charge in [0.2, 0.25) is 0 Å². The molecule has 0 saturated heterocycles. The summed E-state index contributed by atoms with van der Waals surface area (Å²) in [6.07, 6.45) is 3.75. The third-order valence-electron chi connectivity index (χ3n) is 1.74. The summed E-state index contributed by atoms with van der Waals surface area (Å²) >= 11 is 3.68. The van der Waals surface area contributed by atoms with Crippen LogP contribution in [0.3, 0.4) is 0 Å². The molecule has 1 aromatic carbocycles. The number of halogens is 1. The first-order valence-electron chi connectivity index (χ1n) is 4.21. The molecule has 0 bridgehead atoms. The Labute approximate surface area is 107 Å². The molecule has 78 valence electrons. The molecule has 0 saturated carbocycles. The van der Waals surface area contributed by atoms with Gasteiger partial charge < -0.3 is 0 Å². The van der Waals surface area contributed by atoms with Crippen molar-refractivity contribution in [2.75, 3.05) is 6.26 Å². The number of aryl methyl sites for hydroxylation is 1. The molecule has 0 aliphatic heterocycles. The Kier molecular flexibility index (Phi) is 4.91. The molecule has 0 atom stereocenters. The minimum absolute atomic E-state index is 0.613. The lowest BCUT2D eigenvalue weighted by Crippen LogP contribution is -2.12. The first kappa shape index (κ1) is 12.3. The smallest absolute Gasteiger partial charge is 0.183 e. The highest BCUT2D eigenvalue weighted by Crippen LogP contribution is 2.21. The van der Waals surface area contributed by atoms with Crippen molar-refractivity contribution in [3.63, 3.8) is 0 Å². The number of thioether (sulfide) groups is 1. The fourth-order valence-corrected chi connectivity index (χ4v) is 2.01. The van der Waals surface area contributed by atoms with Crippen LogP contribution in [0.4, 0.5) is 5.69 Å². The molecule has 0 aromatic heterocycles. The maximum atomic E-state index is 8.50. The van der Waals surface area contributed by atoms with E-state index in [1.54, 1.807) is 0 Å². The summed E-state index contributed by atoms with van der Waals surface area (Å²) in [5.74, 6) is 0. The molecule has 5 heteroatoms. The van der Waals surface area contributed by atoms with Crippen molar-refractivity contribution in [2.45, 2.75) is 6.92 Å². The van der Waals surface area contributed by atoms with Gasteiger partial charge in [-0.2, -0.15) is 5.26 Å². The number of hydrogen-bond acceptors (Lipinski definition) is 3. The third kappa shape index (κ3) is 3.72. The Morgan fingerprint density at radius 1 is 1.60 bits per heavy atom. The fourth-order valence-electron chi connectivity index (χ4n) is 1.03. The molecular weight excluding hydrogens is 321 g/mol. The summed E-state index contributed by atoms with van der Waals surface area (Å²) in [7, 11) is 0. The molecule has 0 radical (unpaired) electrons. The van der Waals surface area contributed by atoms with Gasteiger partial charge in [-0.3, -0.25) is 5.32 Å². The third-order valence-corrected chi connectivity index (χ3v) is 2.99. The maximum absolute atomic E-state index is 8.50. The maximum Gasteiger partial charge on any atom is 0.183 e. The Morgan fingerprint density at radius 2 is 2.33 bits per heavy atom. The number of rotatable bonds is 1. The van der Waals surface area contributed by atoms with Gasteiger partial charge in [-0.1, -0.05) is 11.8 Å². The molecule has 0 aliphatic rings. The van der Waals surface area contributed by atoms with Crippen LogP contribution in [0.5, 0.6) is 0 Å². The molecule has 0 unspecified atom stereocenters. The molecule has 0 spiro atoms. The minimum atomic E-state index is 0.613. The second kappa shape index (κ2) is 5.98. The van der Waals surface area contributed by atoms with Gasteiger partial charge in [0.1, 0.15) is 0 Å². The van der Waals surface area contributed by atoms with Crippen molar-refractivity contribution in [1.29, 1.82) is 5.26 Å². The van der Waals surface area contributed by atoms with Gasteiger partial charge in [0, 0.05) is 3.57 Å². The Hall–Kier alpha value is -0.740. The molecule has 1 rings (SSSR count). The van der Waals surface area contributed by atoms with E-state index < -0.39 is 0 Å². The van der Waals surface area contributed by atoms with Crippen LogP contribution in [0.1, 0.15) is 5.56 Å². The largest absolute Gasteiger partial charge is 0.271 e. The van der Waals surface area contributed by atoms with Crippen LogP contribution in [-0.2, 0) is 0 Å². The number of aliphatic imine (C=N–C) groups is 1. The number of nitriles is 1. The van der Waals surface area contributed by atoms with E-state index in [9.17, 15) is 0 Å². The number of benzene rings is 1. The van der Waals surface area contributed by atoms with Crippen LogP contribution in [0.15, 0.2) is 23.2 Å². The van der Waals surface area contributed by atoms with E-state index in [-0.39, 0.29) is 0 Å². The average Bonchev–Trinajstić information content (AvgIpc) is 2.21. The lowest BCUT2D eigenvalue weighted by molar-refractivity contribution is 1.27. The first-order chi connectivity index (χ1) is 7.17. The molecule has 1 aromatic rings. The van der Waals surface area contributed by atoms with Crippen molar-refractivity contribution in [3.8, 4) is 6.19 Å². The molecule has 3 nitrogen and oxygen atoms in total. The van der Waals surface area contributed by atoms with Crippen molar-refractivity contribution >= 4 is 45.2 Å². The predicted octanol–water partition coefficient (Wildman–Crippen LogP) is 3.02.